The zero-order chi connectivity index (χ0) is 21.5. The van der Waals surface area contributed by atoms with Crippen molar-refractivity contribution >= 4 is 27.6 Å². The Morgan fingerprint density at radius 2 is 1.47 bits per heavy atom. The summed E-state index contributed by atoms with van der Waals surface area (Å²) in [6.07, 6.45) is 0. The smallest absolute Gasteiger partial charge is 0.325 e. The Kier molecular flexibility index (Phi) is 5.18. The molecule has 1 aliphatic rings. The van der Waals surface area contributed by atoms with Crippen LogP contribution in [-0.4, -0.2) is 25.0 Å². The second-order valence-corrected chi connectivity index (χ2v) is 9.61. The minimum atomic E-state index is -4.03. The SMILES string of the molecule is C[C@@H]1[C@@H](c2ccccc2)[C@@]1(NS(=O)(=O)c1ccc(-c2ccc(Cl)cc2)cc1)C(=O)O. The van der Waals surface area contributed by atoms with Crippen molar-refractivity contribution in [2.24, 2.45) is 5.92 Å². The summed E-state index contributed by atoms with van der Waals surface area (Å²) in [6.45, 7) is 1.75. The van der Waals surface area contributed by atoms with Gasteiger partial charge in [-0.2, -0.15) is 4.72 Å². The number of aliphatic carboxylic acids is 1. The first-order chi connectivity index (χ1) is 14.3. The van der Waals surface area contributed by atoms with Crippen LogP contribution in [0.15, 0.2) is 83.8 Å². The zero-order valence-corrected chi connectivity index (χ0v) is 17.7. The van der Waals surface area contributed by atoms with Gasteiger partial charge in [-0.25, -0.2) is 8.42 Å². The van der Waals surface area contributed by atoms with Crippen LogP contribution < -0.4 is 4.72 Å². The molecule has 154 valence electrons. The zero-order valence-electron chi connectivity index (χ0n) is 16.1. The predicted octanol–water partition coefficient (Wildman–Crippen LogP) is 4.54. The van der Waals surface area contributed by atoms with E-state index in [9.17, 15) is 18.3 Å². The van der Waals surface area contributed by atoms with E-state index in [0.29, 0.717) is 5.02 Å². The van der Waals surface area contributed by atoms with Crippen LogP contribution in [0, 0.1) is 5.92 Å². The summed E-state index contributed by atoms with van der Waals surface area (Å²) < 4.78 is 28.5. The molecule has 2 N–H and O–H groups in total. The van der Waals surface area contributed by atoms with Gasteiger partial charge in [0, 0.05) is 10.9 Å². The maximum Gasteiger partial charge on any atom is 0.325 e. The van der Waals surface area contributed by atoms with E-state index in [4.69, 9.17) is 11.6 Å². The van der Waals surface area contributed by atoms with Crippen molar-refractivity contribution < 1.29 is 18.3 Å². The van der Waals surface area contributed by atoms with E-state index >= 15 is 0 Å². The molecule has 0 radical (unpaired) electrons. The largest absolute Gasteiger partial charge is 0.480 e. The Balaban J connectivity index is 1.62. The van der Waals surface area contributed by atoms with Crippen LogP contribution in [-0.2, 0) is 14.8 Å². The highest BCUT2D eigenvalue weighted by molar-refractivity contribution is 7.89. The molecular formula is C23H20ClNO4S. The van der Waals surface area contributed by atoms with Gasteiger partial charge in [-0.1, -0.05) is 73.1 Å². The number of hydrogen-bond donors (Lipinski definition) is 2. The number of carboxylic acid groups (broad SMARTS) is 1. The molecule has 0 saturated heterocycles. The molecule has 1 aliphatic carbocycles. The van der Waals surface area contributed by atoms with Crippen LogP contribution in [0.5, 0.6) is 0 Å². The summed E-state index contributed by atoms with van der Waals surface area (Å²) in [5.74, 6) is -1.98. The van der Waals surface area contributed by atoms with Gasteiger partial charge >= 0.3 is 5.97 Å². The molecule has 0 heterocycles. The van der Waals surface area contributed by atoms with Gasteiger partial charge in [0.25, 0.3) is 0 Å². The number of halogens is 1. The summed E-state index contributed by atoms with van der Waals surface area (Å²) >= 11 is 5.91. The molecule has 3 atom stereocenters. The third-order valence-corrected chi connectivity index (χ3v) is 7.51. The molecule has 1 saturated carbocycles. The third-order valence-electron chi connectivity index (χ3n) is 5.76. The maximum absolute atomic E-state index is 13.0. The molecule has 30 heavy (non-hydrogen) atoms. The molecule has 0 aliphatic heterocycles. The average molecular weight is 442 g/mol. The van der Waals surface area contributed by atoms with Gasteiger partial charge in [-0.3, -0.25) is 4.79 Å². The second kappa shape index (κ2) is 7.54. The van der Waals surface area contributed by atoms with Crippen LogP contribution in [0.1, 0.15) is 18.4 Å². The van der Waals surface area contributed by atoms with Crippen molar-refractivity contribution in [2.75, 3.05) is 0 Å². The molecule has 7 heteroatoms. The Hall–Kier alpha value is -2.67. The number of rotatable bonds is 6. The molecule has 0 spiro atoms. The lowest BCUT2D eigenvalue weighted by Crippen LogP contribution is -2.45. The summed E-state index contributed by atoms with van der Waals surface area (Å²) in [5, 5.41) is 10.5. The number of benzene rings is 3. The van der Waals surface area contributed by atoms with Gasteiger partial charge in [0.2, 0.25) is 10.0 Å². The standard InChI is InChI=1S/C23H20ClNO4S/c1-15-21(18-5-3-2-4-6-18)23(15,22(26)27)25-30(28,29)20-13-9-17(10-14-20)16-7-11-19(24)12-8-16/h2-15,21,25H,1H3,(H,26,27)/t15-,21+,23-/m1/s1. The van der Waals surface area contributed by atoms with E-state index in [1.165, 1.54) is 12.1 Å². The first kappa shape index (κ1) is 20.6. The Morgan fingerprint density at radius 3 is 2.00 bits per heavy atom. The lowest BCUT2D eigenvalue weighted by Gasteiger charge is -2.16. The number of carbonyl (C=O) groups is 1. The van der Waals surface area contributed by atoms with Crippen LogP contribution in [0.25, 0.3) is 11.1 Å². The van der Waals surface area contributed by atoms with Crippen LogP contribution >= 0.6 is 11.6 Å². The molecule has 3 aromatic carbocycles. The number of nitrogens with one attached hydrogen (secondary N) is 1. The monoisotopic (exact) mass is 441 g/mol. The number of hydrogen-bond acceptors (Lipinski definition) is 3. The summed E-state index contributed by atoms with van der Waals surface area (Å²) in [5.41, 5.74) is 0.974. The van der Waals surface area contributed by atoms with E-state index in [1.807, 2.05) is 42.5 Å². The molecule has 0 aromatic heterocycles. The van der Waals surface area contributed by atoms with Gasteiger partial charge in [0.1, 0.15) is 5.54 Å². The lowest BCUT2D eigenvalue weighted by atomic mass is 10.1. The van der Waals surface area contributed by atoms with Crippen LogP contribution in [0.3, 0.4) is 0 Å². The predicted molar refractivity (Wildman–Crippen MR) is 116 cm³/mol. The Bertz CT molecular complexity index is 1180. The molecule has 4 rings (SSSR count). The third kappa shape index (κ3) is 3.51. The average Bonchev–Trinajstić information content (AvgIpc) is 3.33. The van der Waals surface area contributed by atoms with E-state index < -0.39 is 27.4 Å². The number of carboxylic acids is 1. The normalized spacial score (nSPS) is 23.1. The fraction of sp³-hybridized carbons (Fsp3) is 0.174. The van der Waals surface area contributed by atoms with Gasteiger partial charge < -0.3 is 5.11 Å². The van der Waals surface area contributed by atoms with E-state index in [2.05, 4.69) is 4.72 Å². The Labute approximate surface area is 180 Å². The highest BCUT2D eigenvalue weighted by Gasteiger charge is 2.70. The number of sulfonamides is 1. The maximum atomic E-state index is 13.0. The van der Waals surface area contributed by atoms with Crippen molar-refractivity contribution in [3.05, 3.63) is 89.4 Å². The minimum Gasteiger partial charge on any atom is -0.480 e. The molecular weight excluding hydrogens is 422 g/mol. The van der Waals surface area contributed by atoms with E-state index in [1.54, 1.807) is 31.2 Å². The first-order valence-corrected chi connectivity index (χ1v) is 11.3. The van der Waals surface area contributed by atoms with Crippen molar-refractivity contribution in [3.63, 3.8) is 0 Å². The summed E-state index contributed by atoms with van der Waals surface area (Å²) in [6, 6.07) is 22.7. The highest BCUT2D eigenvalue weighted by atomic mass is 35.5. The fourth-order valence-corrected chi connectivity index (χ4v) is 5.63. The van der Waals surface area contributed by atoms with Gasteiger partial charge in [-0.15, -0.1) is 0 Å². The molecule has 3 aromatic rings. The summed E-state index contributed by atoms with van der Waals surface area (Å²) in [4.78, 5) is 12.1. The quantitative estimate of drug-likeness (QED) is 0.588. The van der Waals surface area contributed by atoms with E-state index in [0.717, 1.165) is 16.7 Å². The highest BCUT2D eigenvalue weighted by Crippen LogP contribution is 2.58. The lowest BCUT2D eigenvalue weighted by molar-refractivity contribution is -0.140. The molecule has 0 bridgehead atoms. The Morgan fingerprint density at radius 1 is 0.933 bits per heavy atom. The van der Waals surface area contributed by atoms with Gasteiger partial charge in [0.15, 0.2) is 0 Å². The van der Waals surface area contributed by atoms with Crippen molar-refractivity contribution in [2.45, 2.75) is 23.3 Å². The van der Waals surface area contributed by atoms with Gasteiger partial charge in [0.05, 0.1) is 4.90 Å². The summed E-state index contributed by atoms with van der Waals surface area (Å²) in [7, 11) is -4.03. The minimum absolute atomic E-state index is 0.0201. The van der Waals surface area contributed by atoms with Crippen molar-refractivity contribution in [3.8, 4) is 11.1 Å². The van der Waals surface area contributed by atoms with Gasteiger partial charge in [-0.05, 0) is 46.9 Å². The molecule has 0 amide bonds. The molecule has 1 fully saturated rings. The van der Waals surface area contributed by atoms with Crippen LogP contribution in [0.2, 0.25) is 5.02 Å². The topological polar surface area (TPSA) is 83.5 Å². The van der Waals surface area contributed by atoms with Crippen LogP contribution in [0.4, 0.5) is 0 Å². The van der Waals surface area contributed by atoms with Crippen molar-refractivity contribution in [1.29, 1.82) is 0 Å². The first-order valence-electron chi connectivity index (χ1n) is 9.44. The second-order valence-electron chi connectivity index (χ2n) is 7.49. The fourth-order valence-electron chi connectivity index (χ4n) is 4.05. The van der Waals surface area contributed by atoms with E-state index in [-0.39, 0.29) is 10.8 Å². The molecule has 5 nitrogen and oxygen atoms in total. The molecule has 0 unspecified atom stereocenters. The van der Waals surface area contributed by atoms with Crippen molar-refractivity contribution in [1.82, 2.24) is 4.72 Å².